The summed E-state index contributed by atoms with van der Waals surface area (Å²) >= 11 is 0. The molecule has 0 heterocycles. The summed E-state index contributed by atoms with van der Waals surface area (Å²) in [4.78, 5) is 0. The Morgan fingerprint density at radius 3 is 1.34 bits per heavy atom. The molecule has 32 heavy (non-hydrogen) atoms. The Balaban J connectivity index is 0.000000181. The quantitative estimate of drug-likeness (QED) is 0.309. The Morgan fingerprint density at radius 1 is 0.438 bits per heavy atom. The molecular weight excluding hydrogens is 384 g/mol. The van der Waals surface area contributed by atoms with E-state index >= 15 is 0 Å². The van der Waals surface area contributed by atoms with E-state index in [2.05, 4.69) is 139 Å². The summed E-state index contributed by atoms with van der Waals surface area (Å²) in [5, 5.41) is 0. The molecular formula is C32H36. The first-order chi connectivity index (χ1) is 15.3. The van der Waals surface area contributed by atoms with Crippen molar-refractivity contribution < 1.29 is 0 Å². The second-order valence-electron chi connectivity index (χ2n) is 9.04. The number of hydrogen-bond acceptors (Lipinski definition) is 0. The van der Waals surface area contributed by atoms with Crippen LogP contribution in [0, 0.1) is 27.7 Å². The van der Waals surface area contributed by atoms with E-state index in [1.165, 1.54) is 44.5 Å². The van der Waals surface area contributed by atoms with Gasteiger partial charge in [-0.3, -0.25) is 0 Å². The van der Waals surface area contributed by atoms with Crippen molar-refractivity contribution in [2.24, 2.45) is 0 Å². The molecule has 4 rings (SSSR count). The Labute approximate surface area is 195 Å². The molecule has 0 nitrogen and oxygen atoms in total. The molecule has 0 saturated heterocycles. The van der Waals surface area contributed by atoms with Gasteiger partial charge < -0.3 is 0 Å². The van der Waals surface area contributed by atoms with Crippen LogP contribution in [0.2, 0.25) is 0 Å². The zero-order valence-corrected chi connectivity index (χ0v) is 20.4. The number of rotatable bonds is 4. The second kappa shape index (κ2) is 11.0. The number of hydrogen-bond donors (Lipinski definition) is 0. The normalized spacial score (nSPS) is 11.6. The second-order valence-corrected chi connectivity index (χ2v) is 9.04. The maximum Gasteiger partial charge on any atom is 0.00636 e. The Kier molecular flexibility index (Phi) is 8.06. The van der Waals surface area contributed by atoms with Crippen LogP contribution in [0.25, 0.3) is 0 Å². The van der Waals surface area contributed by atoms with E-state index in [4.69, 9.17) is 0 Å². The molecule has 0 bridgehead atoms. The molecule has 0 aliphatic heterocycles. The van der Waals surface area contributed by atoms with Gasteiger partial charge in [-0.25, -0.2) is 0 Å². The largest absolute Gasteiger partial charge is 0.0622 e. The number of benzene rings is 4. The van der Waals surface area contributed by atoms with Crippen LogP contribution < -0.4 is 0 Å². The average molecular weight is 421 g/mol. The average Bonchev–Trinajstić information content (AvgIpc) is 2.80. The van der Waals surface area contributed by atoms with Gasteiger partial charge in [-0.2, -0.15) is 0 Å². The number of aryl methyl sites for hydroxylation is 4. The van der Waals surface area contributed by atoms with Crippen LogP contribution in [0.5, 0.6) is 0 Å². The lowest BCUT2D eigenvalue weighted by atomic mass is 9.89. The summed E-state index contributed by atoms with van der Waals surface area (Å²) in [5.41, 5.74) is 10.9. The monoisotopic (exact) mass is 420 g/mol. The fourth-order valence-electron chi connectivity index (χ4n) is 4.14. The van der Waals surface area contributed by atoms with Crippen LogP contribution in [0.15, 0.2) is 97.1 Å². The first-order valence-corrected chi connectivity index (χ1v) is 11.6. The lowest BCUT2D eigenvalue weighted by Gasteiger charge is -2.15. The molecule has 0 aliphatic carbocycles. The lowest BCUT2D eigenvalue weighted by Crippen LogP contribution is -1.98. The van der Waals surface area contributed by atoms with Gasteiger partial charge >= 0.3 is 0 Å². The third-order valence-corrected chi connectivity index (χ3v) is 6.35. The molecule has 0 aliphatic rings. The zero-order chi connectivity index (χ0) is 23.1. The molecule has 0 amide bonds. The highest BCUT2D eigenvalue weighted by Crippen LogP contribution is 2.27. The minimum atomic E-state index is 0.473. The maximum absolute atomic E-state index is 2.27. The fourth-order valence-corrected chi connectivity index (χ4v) is 4.14. The van der Waals surface area contributed by atoms with E-state index in [9.17, 15) is 0 Å². The van der Waals surface area contributed by atoms with Crippen LogP contribution in [0.4, 0.5) is 0 Å². The van der Waals surface area contributed by atoms with Crippen molar-refractivity contribution in [3.63, 3.8) is 0 Å². The van der Waals surface area contributed by atoms with Crippen LogP contribution in [0.3, 0.4) is 0 Å². The van der Waals surface area contributed by atoms with Gasteiger partial charge in [0.05, 0.1) is 0 Å². The summed E-state index contributed by atoms with van der Waals surface area (Å²) < 4.78 is 0. The fraction of sp³-hybridized carbons (Fsp3) is 0.250. The molecule has 4 aromatic rings. The molecule has 4 aromatic carbocycles. The van der Waals surface area contributed by atoms with Gasteiger partial charge in [-0.15, -0.1) is 0 Å². The van der Waals surface area contributed by atoms with Crippen molar-refractivity contribution in [3.05, 3.63) is 142 Å². The predicted molar refractivity (Wildman–Crippen MR) is 140 cm³/mol. The van der Waals surface area contributed by atoms with Crippen LogP contribution in [0.1, 0.15) is 70.2 Å². The van der Waals surface area contributed by atoms with E-state index in [1.807, 2.05) is 0 Å². The Hall–Kier alpha value is -3.12. The van der Waals surface area contributed by atoms with Gasteiger partial charge in [0, 0.05) is 11.8 Å². The summed E-state index contributed by atoms with van der Waals surface area (Å²) in [6.45, 7) is 13.1. The molecule has 0 aromatic heterocycles. The zero-order valence-electron chi connectivity index (χ0n) is 20.4. The molecule has 0 N–H and O–H groups in total. The third-order valence-electron chi connectivity index (χ3n) is 6.35. The van der Waals surface area contributed by atoms with Gasteiger partial charge in [-0.1, -0.05) is 128 Å². The first kappa shape index (κ1) is 23.5. The van der Waals surface area contributed by atoms with E-state index in [-0.39, 0.29) is 0 Å². The topological polar surface area (TPSA) is 0 Å². The molecule has 0 heteroatoms. The Morgan fingerprint density at radius 2 is 0.875 bits per heavy atom. The van der Waals surface area contributed by atoms with Crippen LogP contribution in [-0.4, -0.2) is 0 Å². The van der Waals surface area contributed by atoms with E-state index < -0.39 is 0 Å². The molecule has 0 radical (unpaired) electrons. The minimum absolute atomic E-state index is 0.473. The van der Waals surface area contributed by atoms with Gasteiger partial charge in [0.2, 0.25) is 0 Å². The highest BCUT2D eigenvalue weighted by Gasteiger charge is 2.10. The van der Waals surface area contributed by atoms with Crippen molar-refractivity contribution in [1.29, 1.82) is 0 Å². The third kappa shape index (κ3) is 6.20. The van der Waals surface area contributed by atoms with Gasteiger partial charge in [0.1, 0.15) is 0 Å². The van der Waals surface area contributed by atoms with Crippen molar-refractivity contribution in [1.82, 2.24) is 0 Å². The highest BCUT2D eigenvalue weighted by molar-refractivity contribution is 5.38. The SMILES string of the molecule is Cc1ccc(C(C)c2ccc(C)cc2)cc1.Cc1ccc(C(C)c2ccccc2)c(C)c1. The van der Waals surface area contributed by atoms with Crippen LogP contribution in [-0.2, 0) is 0 Å². The van der Waals surface area contributed by atoms with Crippen molar-refractivity contribution in [2.45, 2.75) is 53.4 Å². The molecule has 164 valence electrons. The van der Waals surface area contributed by atoms with Gasteiger partial charge in [0.15, 0.2) is 0 Å². The van der Waals surface area contributed by atoms with Gasteiger partial charge in [-0.05, 0) is 55.5 Å². The van der Waals surface area contributed by atoms with Crippen molar-refractivity contribution in [2.75, 3.05) is 0 Å². The summed E-state index contributed by atoms with van der Waals surface area (Å²) in [6, 6.07) is 35.0. The standard InChI is InChI=1S/2C16H18/c1-12-4-8-15(9-5-12)14(3)16-10-6-13(2)7-11-16;1-12-9-10-16(13(2)11-12)14(3)15-7-5-4-6-8-15/h2*4-11,14H,1-3H3. The summed E-state index contributed by atoms with van der Waals surface area (Å²) in [7, 11) is 0. The van der Waals surface area contributed by atoms with E-state index in [1.54, 1.807) is 0 Å². The van der Waals surface area contributed by atoms with E-state index in [0.29, 0.717) is 11.8 Å². The molecule has 1 unspecified atom stereocenters. The highest BCUT2D eigenvalue weighted by atomic mass is 14.1. The Bertz CT molecular complexity index is 1060. The summed E-state index contributed by atoms with van der Waals surface area (Å²) in [5.74, 6) is 0.947. The van der Waals surface area contributed by atoms with Crippen molar-refractivity contribution >= 4 is 0 Å². The smallest absolute Gasteiger partial charge is 0.00636 e. The molecule has 1 atom stereocenters. The molecule has 0 fully saturated rings. The van der Waals surface area contributed by atoms with Gasteiger partial charge in [0.25, 0.3) is 0 Å². The molecule has 0 saturated carbocycles. The predicted octanol–water partition coefficient (Wildman–Crippen LogP) is 8.91. The lowest BCUT2D eigenvalue weighted by molar-refractivity contribution is 0.909. The van der Waals surface area contributed by atoms with Crippen LogP contribution >= 0.6 is 0 Å². The molecule has 0 spiro atoms. The maximum atomic E-state index is 2.27. The van der Waals surface area contributed by atoms with E-state index in [0.717, 1.165) is 0 Å². The summed E-state index contributed by atoms with van der Waals surface area (Å²) in [6.07, 6.45) is 0. The van der Waals surface area contributed by atoms with Crippen molar-refractivity contribution in [3.8, 4) is 0 Å². The first-order valence-electron chi connectivity index (χ1n) is 11.6. The minimum Gasteiger partial charge on any atom is -0.0622 e.